The van der Waals surface area contributed by atoms with Crippen LogP contribution in [-0.4, -0.2) is 73.6 Å². The van der Waals surface area contributed by atoms with Gasteiger partial charge in [-0.25, -0.2) is 8.42 Å². The molecular formula is C23H35N3O4S. The quantitative estimate of drug-likeness (QED) is 0.669. The van der Waals surface area contributed by atoms with Crippen LogP contribution in [0.3, 0.4) is 0 Å². The highest BCUT2D eigenvalue weighted by atomic mass is 32.2. The topological polar surface area (TPSA) is 78.0 Å². The fraction of sp³-hybridized carbons (Fsp3) is 0.652. The summed E-state index contributed by atoms with van der Waals surface area (Å²) in [5.41, 5.74) is 0.481. The maximum atomic E-state index is 12.9. The van der Waals surface area contributed by atoms with Crippen molar-refractivity contribution in [2.75, 3.05) is 39.3 Å². The summed E-state index contributed by atoms with van der Waals surface area (Å²) in [6.45, 7) is 7.42. The Morgan fingerprint density at radius 2 is 1.39 bits per heavy atom. The number of amides is 2. The number of sulfonamides is 1. The van der Waals surface area contributed by atoms with Gasteiger partial charge in [0.15, 0.2) is 0 Å². The number of hydrogen-bond donors (Lipinski definition) is 0. The zero-order valence-corrected chi connectivity index (χ0v) is 19.6. The Kier molecular flexibility index (Phi) is 8.11. The molecule has 1 aromatic carbocycles. The van der Waals surface area contributed by atoms with Crippen molar-refractivity contribution in [3.05, 3.63) is 29.8 Å². The Bertz CT molecular complexity index is 851. The minimum absolute atomic E-state index is 0.118. The van der Waals surface area contributed by atoms with Crippen molar-refractivity contribution >= 4 is 21.8 Å². The Balaban J connectivity index is 1.58. The summed E-state index contributed by atoms with van der Waals surface area (Å²) in [7, 11) is -3.52. The van der Waals surface area contributed by atoms with Crippen LogP contribution in [0.1, 0.15) is 62.7 Å². The van der Waals surface area contributed by atoms with E-state index in [4.69, 9.17) is 0 Å². The lowest BCUT2D eigenvalue weighted by molar-refractivity contribution is -0.132. The third-order valence-corrected chi connectivity index (χ3v) is 8.07. The van der Waals surface area contributed by atoms with Gasteiger partial charge in [-0.05, 0) is 49.4 Å². The van der Waals surface area contributed by atoms with Gasteiger partial charge in [-0.1, -0.05) is 26.7 Å². The molecule has 2 fully saturated rings. The predicted molar refractivity (Wildman–Crippen MR) is 120 cm³/mol. The Morgan fingerprint density at radius 3 is 1.94 bits per heavy atom. The summed E-state index contributed by atoms with van der Waals surface area (Å²) in [5, 5.41) is 0. The van der Waals surface area contributed by atoms with Crippen molar-refractivity contribution < 1.29 is 18.0 Å². The van der Waals surface area contributed by atoms with Crippen molar-refractivity contribution in [3.63, 3.8) is 0 Å². The number of carbonyl (C=O) groups is 2. The van der Waals surface area contributed by atoms with Crippen LogP contribution in [0.25, 0.3) is 0 Å². The molecule has 0 saturated carbocycles. The molecule has 0 aliphatic carbocycles. The lowest BCUT2D eigenvalue weighted by Gasteiger charge is -2.35. The number of carbonyl (C=O) groups excluding carboxylic acids is 2. The lowest BCUT2D eigenvalue weighted by Crippen LogP contribution is -2.50. The van der Waals surface area contributed by atoms with Crippen molar-refractivity contribution in [2.45, 2.75) is 57.3 Å². The van der Waals surface area contributed by atoms with Crippen LogP contribution in [0.2, 0.25) is 0 Å². The van der Waals surface area contributed by atoms with Gasteiger partial charge in [0.2, 0.25) is 15.9 Å². The number of hydrogen-bond acceptors (Lipinski definition) is 4. The molecule has 2 aliphatic heterocycles. The number of benzene rings is 1. The maximum absolute atomic E-state index is 12.9. The van der Waals surface area contributed by atoms with Gasteiger partial charge in [0.1, 0.15) is 0 Å². The molecule has 7 nitrogen and oxygen atoms in total. The second-order valence-corrected chi connectivity index (χ2v) is 10.9. The van der Waals surface area contributed by atoms with Crippen molar-refractivity contribution in [1.82, 2.24) is 14.1 Å². The van der Waals surface area contributed by atoms with E-state index in [1.165, 1.54) is 0 Å². The first kappa shape index (κ1) is 23.7. The smallest absolute Gasteiger partial charge is 0.253 e. The molecule has 0 unspecified atom stereocenters. The second-order valence-electron chi connectivity index (χ2n) is 8.95. The fourth-order valence-electron chi connectivity index (χ4n) is 4.11. The fourth-order valence-corrected chi connectivity index (χ4v) is 5.63. The molecule has 2 saturated heterocycles. The van der Waals surface area contributed by atoms with E-state index in [9.17, 15) is 18.0 Å². The molecule has 0 aromatic heterocycles. The highest BCUT2D eigenvalue weighted by Crippen LogP contribution is 2.21. The van der Waals surface area contributed by atoms with Gasteiger partial charge in [0.05, 0.1) is 4.90 Å². The minimum atomic E-state index is -3.52. The Hall–Kier alpha value is -1.93. The van der Waals surface area contributed by atoms with Crippen LogP contribution in [0.15, 0.2) is 29.2 Å². The second kappa shape index (κ2) is 10.6. The zero-order valence-electron chi connectivity index (χ0n) is 18.8. The lowest BCUT2D eigenvalue weighted by atomic mass is 10.1. The molecule has 2 aliphatic rings. The number of piperazine rings is 1. The van der Waals surface area contributed by atoms with Crippen LogP contribution < -0.4 is 0 Å². The molecular weight excluding hydrogens is 414 g/mol. The van der Waals surface area contributed by atoms with Gasteiger partial charge in [0.25, 0.3) is 5.91 Å². The van der Waals surface area contributed by atoms with Gasteiger partial charge >= 0.3 is 0 Å². The average Bonchev–Trinajstić information content (AvgIpc) is 3.07. The van der Waals surface area contributed by atoms with E-state index in [1.54, 1.807) is 33.5 Å². The van der Waals surface area contributed by atoms with Crippen molar-refractivity contribution in [2.24, 2.45) is 5.92 Å². The normalized spacial score (nSPS) is 18.8. The first-order valence-electron chi connectivity index (χ1n) is 11.5. The van der Waals surface area contributed by atoms with Gasteiger partial charge in [0, 0.05) is 51.3 Å². The monoisotopic (exact) mass is 449 g/mol. The summed E-state index contributed by atoms with van der Waals surface area (Å²) >= 11 is 0. The van der Waals surface area contributed by atoms with E-state index in [0.29, 0.717) is 57.2 Å². The zero-order chi connectivity index (χ0) is 22.4. The van der Waals surface area contributed by atoms with Crippen LogP contribution in [0.5, 0.6) is 0 Å². The van der Waals surface area contributed by atoms with Crippen molar-refractivity contribution in [1.29, 1.82) is 0 Å². The molecule has 0 spiro atoms. The first-order valence-corrected chi connectivity index (χ1v) is 12.9. The molecule has 1 aromatic rings. The molecule has 8 heteroatoms. The van der Waals surface area contributed by atoms with E-state index in [-0.39, 0.29) is 16.7 Å². The third-order valence-electron chi connectivity index (χ3n) is 6.16. The van der Waals surface area contributed by atoms with Gasteiger partial charge in [-0.3, -0.25) is 9.59 Å². The van der Waals surface area contributed by atoms with E-state index in [0.717, 1.165) is 32.1 Å². The molecule has 31 heavy (non-hydrogen) atoms. The largest absolute Gasteiger partial charge is 0.339 e. The SMILES string of the molecule is CC(C)CCC(=O)N1CCN(C(=O)c2ccc(S(=O)(=O)N3CCCCCC3)cc2)CC1. The standard InChI is InChI=1S/C23H35N3O4S/c1-19(2)7-12-22(27)24-15-17-25(18-16-24)23(28)20-8-10-21(11-9-20)31(29,30)26-13-5-3-4-6-14-26/h8-11,19H,3-7,12-18H2,1-2H3. The van der Waals surface area contributed by atoms with Crippen molar-refractivity contribution in [3.8, 4) is 0 Å². The average molecular weight is 450 g/mol. The molecule has 172 valence electrons. The Morgan fingerprint density at radius 1 is 0.839 bits per heavy atom. The predicted octanol–water partition coefficient (Wildman–Crippen LogP) is 2.97. The number of nitrogens with zero attached hydrogens (tertiary/aromatic N) is 3. The molecule has 2 heterocycles. The van der Waals surface area contributed by atoms with E-state index in [2.05, 4.69) is 13.8 Å². The molecule has 0 bridgehead atoms. The summed E-state index contributed by atoms with van der Waals surface area (Å²) in [6, 6.07) is 6.29. The molecule has 0 N–H and O–H groups in total. The van der Waals surface area contributed by atoms with Gasteiger partial charge < -0.3 is 9.80 Å². The van der Waals surface area contributed by atoms with Crippen LogP contribution >= 0.6 is 0 Å². The highest BCUT2D eigenvalue weighted by molar-refractivity contribution is 7.89. The van der Waals surface area contributed by atoms with E-state index in [1.807, 2.05) is 4.90 Å². The number of rotatable bonds is 6. The minimum Gasteiger partial charge on any atom is -0.339 e. The summed E-state index contributed by atoms with van der Waals surface area (Å²) in [6.07, 6.45) is 5.35. The summed E-state index contributed by atoms with van der Waals surface area (Å²) in [4.78, 5) is 29.0. The van der Waals surface area contributed by atoms with Crippen LogP contribution in [-0.2, 0) is 14.8 Å². The first-order chi connectivity index (χ1) is 14.8. The van der Waals surface area contributed by atoms with Crippen LogP contribution in [0, 0.1) is 5.92 Å². The van der Waals surface area contributed by atoms with Crippen LogP contribution in [0.4, 0.5) is 0 Å². The molecule has 0 radical (unpaired) electrons. The third kappa shape index (κ3) is 6.07. The van der Waals surface area contributed by atoms with Gasteiger partial charge in [-0.2, -0.15) is 4.31 Å². The molecule has 0 atom stereocenters. The summed E-state index contributed by atoms with van der Waals surface area (Å²) in [5.74, 6) is 0.537. The maximum Gasteiger partial charge on any atom is 0.253 e. The summed E-state index contributed by atoms with van der Waals surface area (Å²) < 4.78 is 27.4. The van der Waals surface area contributed by atoms with Gasteiger partial charge in [-0.15, -0.1) is 0 Å². The molecule has 3 rings (SSSR count). The van der Waals surface area contributed by atoms with E-state index >= 15 is 0 Å². The highest BCUT2D eigenvalue weighted by Gasteiger charge is 2.27. The van der Waals surface area contributed by atoms with E-state index < -0.39 is 10.0 Å². The Labute approximate surface area is 186 Å². The molecule has 2 amide bonds.